The summed E-state index contributed by atoms with van der Waals surface area (Å²) in [7, 11) is 0. The van der Waals surface area contributed by atoms with E-state index in [1.54, 1.807) is 12.1 Å². The molecule has 19 heavy (non-hydrogen) atoms. The Labute approximate surface area is 130 Å². The van der Waals surface area contributed by atoms with Crippen LogP contribution in [0, 0.1) is 0 Å². The van der Waals surface area contributed by atoms with Crippen LogP contribution < -0.4 is 5.73 Å². The Balaban J connectivity index is 2.67. The fourth-order valence-electron chi connectivity index (χ4n) is 1.66. The van der Waals surface area contributed by atoms with Crippen molar-refractivity contribution in [2.45, 2.75) is 19.8 Å². The van der Waals surface area contributed by atoms with Crippen molar-refractivity contribution < 1.29 is 0 Å². The van der Waals surface area contributed by atoms with Crippen LogP contribution in [0.2, 0.25) is 10.0 Å². The number of nitrogens with two attached hydrogens (primary N) is 1. The zero-order chi connectivity index (χ0) is 14.2. The van der Waals surface area contributed by atoms with Gasteiger partial charge in [-0.2, -0.15) is 0 Å². The van der Waals surface area contributed by atoms with E-state index < -0.39 is 0 Å². The van der Waals surface area contributed by atoms with Gasteiger partial charge >= 0.3 is 0 Å². The van der Waals surface area contributed by atoms with Gasteiger partial charge in [0, 0.05) is 5.56 Å². The summed E-state index contributed by atoms with van der Waals surface area (Å²) in [5.74, 6) is 1.10. The molecule has 0 atom stereocenters. The van der Waals surface area contributed by atoms with Crippen LogP contribution in [0.15, 0.2) is 22.7 Å². The first-order chi connectivity index (χ1) is 8.91. The van der Waals surface area contributed by atoms with E-state index in [0.29, 0.717) is 27.3 Å². The molecule has 100 valence electrons. The molecular weight excluding hydrogens is 349 g/mol. The first-order valence-electron chi connectivity index (χ1n) is 5.69. The van der Waals surface area contributed by atoms with Crippen molar-refractivity contribution >= 4 is 44.9 Å². The molecule has 2 aromatic rings. The summed E-state index contributed by atoms with van der Waals surface area (Å²) in [5.41, 5.74) is 7.43. The van der Waals surface area contributed by atoms with Crippen LogP contribution in [0.25, 0.3) is 11.4 Å². The van der Waals surface area contributed by atoms with Gasteiger partial charge in [0.05, 0.1) is 20.2 Å². The number of nitrogens with zero attached hydrogens (tertiary/aromatic N) is 2. The van der Waals surface area contributed by atoms with Crippen LogP contribution in [0.3, 0.4) is 0 Å². The fraction of sp³-hybridized carbons (Fsp3) is 0.231. The largest absolute Gasteiger partial charge is 0.383 e. The number of halogens is 3. The molecule has 0 unspecified atom stereocenters. The Hall–Kier alpha value is -0.840. The number of benzene rings is 1. The Kier molecular flexibility index (Phi) is 4.33. The molecule has 2 N–H and O–H groups in total. The quantitative estimate of drug-likeness (QED) is 0.826. The highest BCUT2D eigenvalue weighted by Gasteiger charge is 2.16. The molecule has 0 amide bonds. The summed E-state index contributed by atoms with van der Waals surface area (Å²) in [6.07, 6.45) is 0. The van der Waals surface area contributed by atoms with E-state index in [0.717, 1.165) is 10.2 Å². The molecule has 2 rings (SSSR count). The molecule has 0 aliphatic carbocycles. The lowest BCUT2D eigenvalue weighted by Gasteiger charge is -2.12. The van der Waals surface area contributed by atoms with E-state index in [9.17, 15) is 0 Å². The van der Waals surface area contributed by atoms with Gasteiger partial charge < -0.3 is 5.73 Å². The Morgan fingerprint density at radius 1 is 1.21 bits per heavy atom. The number of hydrogen-bond acceptors (Lipinski definition) is 3. The minimum atomic E-state index is 0.219. The normalized spacial score (nSPS) is 11.1. The summed E-state index contributed by atoms with van der Waals surface area (Å²) >= 11 is 15.6. The lowest BCUT2D eigenvalue weighted by atomic mass is 10.1. The molecular formula is C13H12BrCl2N3. The predicted molar refractivity (Wildman–Crippen MR) is 83.7 cm³/mol. The van der Waals surface area contributed by atoms with Crippen molar-refractivity contribution in [2.24, 2.45) is 0 Å². The van der Waals surface area contributed by atoms with Gasteiger partial charge in [0.15, 0.2) is 5.82 Å². The summed E-state index contributed by atoms with van der Waals surface area (Å²) in [4.78, 5) is 8.79. The third kappa shape index (κ3) is 2.86. The van der Waals surface area contributed by atoms with Crippen LogP contribution in [0.5, 0.6) is 0 Å². The first-order valence-corrected chi connectivity index (χ1v) is 7.24. The smallest absolute Gasteiger partial charge is 0.163 e. The molecule has 0 aliphatic rings. The summed E-state index contributed by atoms with van der Waals surface area (Å²) < 4.78 is 0.726. The molecule has 0 saturated heterocycles. The van der Waals surface area contributed by atoms with E-state index in [1.807, 2.05) is 19.9 Å². The second kappa shape index (κ2) is 5.65. The van der Waals surface area contributed by atoms with Crippen molar-refractivity contribution in [2.75, 3.05) is 5.73 Å². The number of rotatable bonds is 2. The molecule has 0 spiro atoms. The SMILES string of the molecule is CC(C)c1nc(-c2cccc(Cl)c2Cl)nc(N)c1Br. The third-order valence-electron chi connectivity index (χ3n) is 2.64. The van der Waals surface area contributed by atoms with E-state index in [4.69, 9.17) is 28.9 Å². The van der Waals surface area contributed by atoms with Gasteiger partial charge in [0.1, 0.15) is 5.82 Å². The zero-order valence-electron chi connectivity index (χ0n) is 10.4. The maximum Gasteiger partial charge on any atom is 0.163 e. The number of anilines is 1. The molecule has 0 bridgehead atoms. The van der Waals surface area contributed by atoms with Crippen molar-refractivity contribution in [3.8, 4) is 11.4 Å². The highest BCUT2D eigenvalue weighted by molar-refractivity contribution is 9.10. The Morgan fingerprint density at radius 2 is 1.89 bits per heavy atom. The van der Waals surface area contributed by atoms with Crippen molar-refractivity contribution in [3.63, 3.8) is 0 Å². The molecule has 1 heterocycles. The van der Waals surface area contributed by atoms with Crippen LogP contribution in [-0.4, -0.2) is 9.97 Å². The summed E-state index contributed by atoms with van der Waals surface area (Å²) in [6, 6.07) is 5.35. The molecule has 0 radical (unpaired) electrons. The van der Waals surface area contributed by atoms with Gasteiger partial charge in [0.25, 0.3) is 0 Å². The molecule has 0 aliphatic heterocycles. The minimum absolute atomic E-state index is 0.219. The monoisotopic (exact) mass is 359 g/mol. The average Bonchev–Trinajstić information content (AvgIpc) is 2.35. The highest BCUT2D eigenvalue weighted by Crippen LogP contribution is 2.35. The van der Waals surface area contributed by atoms with Crippen molar-refractivity contribution in [3.05, 3.63) is 38.4 Å². The maximum atomic E-state index is 6.19. The Morgan fingerprint density at radius 3 is 2.53 bits per heavy atom. The first kappa shape index (κ1) is 14.6. The number of aromatic nitrogens is 2. The van der Waals surface area contributed by atoms with Gasteiger partial charge in [-0.05, 0) is 34.0 Å². The lowest BCUT2D eigenvalue weighted by Crippen LogP contribution is -2.04. The second-order valence-corrected chi connectivity index (χ2v) is 5.97. The second-order valence-electron chi connectivity index (χ2n) is 4.39. The minimum Gasteiger partial charge on any atom is -0.383 e. The lowest BCUT2D eigenvalue weighted by molar-refractivity contribution is 0.811. The van der Waals surface area contributed by atoms with E-state index in [1.165, 1.54) is 0 Å². The van der Waals surface area contributed by atoms with Crippen LogP contribution >= 0.6 is 39.1 Å². The van der Waals surface area contributed by atoms with Crippen molar-refractivity contribution in [1.29, 1.82) is 0 Å². The molecule has 0 saturated carbocycles. The van der Waals surface area contributed by atoms with E-state index in [-0.39, 0.29) is 5.92 Å². The van der Waals surface area contributed by atoms with Crippen LogP contribution in [0.4, 0.5) is 5.82 Å². The van der Waals surface area contributed by atoms with E-state index >= 15 is 0 Å². The predicted octanol–water partition coefficient (Wildman–Crippen LogP) is 4.92. The van der Waals surface area contributed by atoms with Gasteiger partial charge in [-0.15, -0.1) is 0 Å². The summed E-state index contributed by atoms with van der Waals surface area (Å²) in [5, 5.41) is 0.899. The van der Waals surface area contributed by atoms with Crippen molar-refractivity contribution in [1.82, 2.24) is 9.97 Å². The van der Waals surface area contributed by atoms with Gasteiger partial charge in [-0.3, -0.25) is 0 Å². The molecule has 6 heteroatoms. The Bertz CT molecular complexity index is 630. The highest BCUT2D eigenvalue weighted by atomic mass is 79.9. The molecule has 3 nitrogen and oxygen atoms in total. The third-order valence-corrected chi connectivity index (χ3v) is 4.27. The molecule has 0 fully saturated rings. The number of nitrogen functional groups attached to an aromatic ring is 1. The average molecular weight is 361 g/mol. The van der Waals surface area contributed by atoms with E-state index in [2.05, 4.69) is 25.9 Å². The number of hydrogen-bond donors (Lipinski definition) is 1. The van der Waals surface area contributed by atoms with Crippen LogP contribution in [0.1, 0.15) is 25.5 Å². The topological polar surface area (TPSA) is 51.8 Å². The van der Waals surface area contributed by atoms with Crippen LogP contribution in [-0.2, 0) is 0 Å². The van der Waals surface area contributed by atoms with Gasteiger partial charge in [-0.25, -0.2) is 9.97 Å². The fourth-order valence-corrected chi connectivity index (χ4v) is 2.68. The van der Waals surface area contributed by atoms with Gasteiger partial charge in [-0.1, -0.05) is 43.1 Å². The molecule has 1 aromatic carbocycles. The molecule has 1 aromatic heterocycles. The zero-order valence-corrected chi connectivity index (χ0v) is 13.5. The maximum absolute atomic E-state index is 6.19. The standard InChI is InChI=1S/C13H12BrCl2N3/c1-6(2)11-9(14)12(17)19-13(18-11)7-4-3-5-8(15)10(7)16/h3-6H,1-2H3,(H2,17,18,19). The summed E-state index contributed by atoms with van der Waals surface area (Å²) in [6.45, 7) is 4.08. The van der Waals surface area contributed by atoms with Gasteiger partial charge in [0.2, 0.25) is 0 Å².